The molecule has 1 atom stereocenters. The Bertz CT molecular complexity index is 57.5. The van der Waals surface area contributed by atoms with Gasteiger partial charge in [-0.05, 0) is 32.4 Å². The molecular formula is C6H12IN. The van der Waals surface area contributed by atoms with E-state index in [0.717, 1.165) is 3.92 Å². The van der Waals surface area contributed by atoms with E-state index in [-0.39, 0.29) is 0 Å². The monoisotopic (exact) mass is 225 g/mol. The Morgan fingerprint density at radius 1 is 1.25 bits per heavy atom. The zero-order valence-corrected chi connectivity index (χ0v) is 7.15. The highest BCUT2D eigenvalue weighted by molar-refractivity contribution is 14.1. The minimum atomic E-state index is 0.933. The van der Waals surface area contributed by atoms with Crippen molar-refractivity contribution in [1.29, 1.82) is 0 Å². The first-order chi connectivity index (χ1) is 3.89. The highest BCUT2D eigenvalue weighted by atomic mass is 127. The number of alkyl halides is 1. The van der Waals surface area contributed by atoms with Gasteiger partial charge in [0.2, 0.25) is 0 Å². The Labute approximate surface area is 64.4 Å². The fraction of sp³-hybridized carbons (Fsp3) is 1.00. The molecule has 0 amide bonds. The predicted molar refractivity (Wildman–Crippen MR) is 44.5 cm³/mol. The summed E-state index contributed by atoms with van der Waals surface area (Å²) in [6.07, 6.45) is 4.14. The van der Waals surface area contributed by atoms with E-state index in [1.165, 1.54) is 32.4 Å². The second kappa shape index (κ2) is 3.67. The van der Waals surface area contributed by atoms with Crippen molar-refractivity contribution in [1.82, 2.24) is 5.32 Å². The van der Waals surface area contributed by atoms with Crippen LogP contribution in [0, 0.1) is 0 Å². The summed E-state index contributed by atoms with van der Waals surface area (Å²) in [5.74, 6) is 0. The van der Waals surface area contributed by atoms with E-state index in [4.69, 9.17) is 0 Å². The van der Waals surface area contributed by atoms with Crippen LogP contribution in [0.15, 0.2) is 0 Å². The number of hydrogen-bond acceptors (Lipinski definition) is 1. The predicted octanol–water partition coefficient (Wildman–Crippen LogP) is 1.56. The number of halogens is 1. The second-order valence-electron chi connectivity index (χ2n) is 2.28. The third-order valence-corrected chi connectivity index (χ3v) is 2.75. The number of rotatable bonds is 0. The Morgan fingerprint density at radius 3 is 3.00 bits per heavy atom. The molecule has 1 unspecified atom stereocenters. The summed E-state index contributed by atoms with van der Waals surface area (Å²) in [4.78, 5) is 0. The lowest BCUT2D eigenvalue weighted by Gasteiger charge is -2.00. The maximum Gasteiger partial charge on any atom is 0.0122 e. The summed E-state index contributed by atoms with van der Waals surface area (Å²) in [6.45, 7) is 2.47. The molecule has 0 radical (unpaired) electrons. The second-order valence-corrected chi connectivity index (χ2v) is 4.04. The van der Waals surface area contributed by atoms with E-state index < -0.39 is 0 Å². The Balaban J connectivity index is 2.17. The largest absolute Gasteiger partial charge is 0.317 e. The van der Waals surface area contributed by atoms with Gasteiger partial charge in [-0.2, -0.15) is 0 Å². The SMILES string of the molecule is IC1CCCNCC1. The lowest BCUT2D eigenvalue weighted by molar-refractivity contribution is 0.703. The van der Waals surface area contributed by atoms with Crippen molar-refractivity contribution in [2.24, 2.45) is 0 Å². The smallest absolute Gasteiger partial charge is 0.0122 e. The zero-order chi connectivity index (χ0) is 5.82. The van der Waals surface area contributed by atoms with Gasteiger partial charge in [0.15, 0.2) is 0 Å². The van der Waals surface area contributed by atoms with E-state index in [1.54, 1.807) is 0 Å². The van der Waals surface area contributed by atoms with Crippen LogP contribution in [-0.2, 0) is 0 Å². The molecule has 1 heterocycles. The molecule has 8 heavy (non-hydrogen) atoms. The summed E-state index contributed by atoms with van der Waals surface area (Å²) >= 11 is 2.54. The van der Waals surface area contributed by atoms with Gasteiger partial charge >= 0.3 is 0 Å². The number of nitrogens with one attached hydrogen (secondary N) is 1. The lowest BCUT2D eigenvalue weighted by Crippen LogP contribution is -2.13. The molecule has 0 saturated carbocycles. The quantitative estimate of drug-likeness (QED) is 0.487. The number of hydrogen-bond donors (Lipinski definition) is 1. The van der Waals surface area contributed by atoms with E-state index in [1.807, 2.05) is 0 Å². The van der Waals surface area contributed by atoms with E-state index >= 15 is 0 Å². The molecule has 48 valence electrons. The first-order valence-electron chi connectivity index (χ1n) is 3.24. The molecule has 1 saturated heterocycles. The van der Waals surface area contributed by atoms with Gasteiger partial charge in [-0.15, -0.1) is 0 Å². The van der Waals surface area contributed by atoms with Gasteiger partial charge in [-0.3, -0.25) is 0 Å². The summed E-state index contributed by atoms with van der Waals surface area (Å²) < 4.78 is 0.933. The Hall–Kier alpha value is 0.690. The molecule has 1 fully saturated rings. The fourth-order valence-electron chi connectivity index (χ4n) is 0.977. The van der Waals surface area contributed by atoms with Crippen molar-refractivity contribution in [2.45, 2.75) is 23.2 Å². The fourth-order valence-corrected chi connectivity index (χ4v) is 1.73. The van der Waals surface area contributed by atoms with Crippen LogP contribution < -0.4 is 5.32 Å². The molecule has 1 N–H and O–H groups in total. The van der Waals surface area contributed by atoms with Crippen molar-refractivity contribution >= 4 is 22.6 Å². The maximum atomic E-state index is 3.37. The van der Waals surface area contributed by atoms with Gasteiger partial charge in [0, 0.05) is 3.92 Å². The summed E-state index contributed by atoms with van der Waals surface area (Å²) in [6, 6.07) is 0. The van der Waals surface area contributed by atoms with Crippen LogP contribution in [0.25, 0.3) is 0 Å². The van der Waals surface area contributed by atoms with Gasteiger partial charge in [-0.25, -0.2) is 0 Å². The van der Waals surface area contributed by atoms with Crippen LogP contribution in [0.2, 0.25) is 0 Å². The molecule has 0 aromatic carbocycles. The molecule has 1 rings (SSSR count). The third-order valence-electron chi connectivity index (χ3n) is 1.51. The molecule has 1 nitrogen and oxygen atoms in total. The van der Waals surface area contributed by atoms with Crippen molar-refractivity contribution in [3.8, 4) is 0 Å². The van der Waals surface area contributed by atoms with Crippen LogP contribution in [0.3, 0.4) is 0 Å². The summed E-state index contributed by atoms with van der Waals surface area (Å²) in [7, 11) is 0. The molecule has 0 aromatic rings. The Kier molecular flexibility index (Phi) is 3.12. The maximum absolute atomic E-state index is 3.37. The normalized spacial score (nSPS) is 31.9. The summed E-state index contributed by atoms with van der Waals surface area (Å²) in [5.41, 5.74) is 0. The molecule has 1 aliphatic rings. The molecular weight excluding hydrogens is 213 g/mol. The van der Waals surface area contributed by atoms with Gasteiger partial charge in [0.1, 0.15) is 0 Å². The van der Waals surface area contributed by atoms with Gasteiger partial charge in [-0.1, -0.05) is 22.6 Å². The average molecular weight is 225 g/mol. The van der Waals surface area contributed by atoms with Crippen LogP contribution in [-0.4, -0.2) is 17.0 Å². The van der Waals surface area contributed by atoms with Crippen LogP contribution in [0.1, 0.15) is 19.3 Å². The van der Waals surface area contributed by atoms with Crippen molar-refractivity contribution in [2.75, 3.05) is 13.1 Å². The van der Waals surface area contributed by atoms with Crippen molar-refractivity contribution < 1.29 is 0 Å². The van der Waals surface area contributed by atoms with E-state index in [2.05, 4.69) is 27.9 Å². The van der Waals surface area contributed by atoms with Crippen LogP contribution in [0.5, 0.6) is 0 Å². The van der Waals surface area contributed by atoms with Gasteiger partial charge < -0.3 is 5.32 Å². The first-order valence-corrected chi connectivity index (χ1v) is 4.49. The highest BCUT2D eigenvalue weighted by Crippen LogP contribution is 2.13. The van der Waals surface area contributed by atoms with Gasteiger partial charge in [0.25, 0.3) is 0 Å². The lowest BCUT2D eigenvalue weighted by atomic mass is 10.2. The highest BCUT2D eigenvalue weighted by Gasteiger charge is 2.05. The van der Waals surface area contributed by atoms with Crippen LogP contribution in [0.4, 0.5) is 0 Å². The van der Waals surface area contributed by atoms with Crippen molar-refractivity contribution in [3.63, 3.8) is 0 Å². The minimum absolute atomic E-state index is 0.933. The zero-order valence-electron chi connectivity index (χ0n) is 4.99. The van der Waals surface area contributed by atoms with E-state index in [0.29, 0.717) is 0 Å². The Morgan fingerprint density at radius 2 is 2.12 bits per heavy atom. The molecule has 0 aliphatic carbocycles. The summed E-state index contributed by atoms with van der Waals surface area (Å²) in [5, 5.41) is 3.37. The molecule has 0 spiro atoms. The average Bonchev–Trinajstić information content (AvgIpc) is 1.94. The first kappa shape index (κ1) is 6.81. The molecule has 2 heteroatoms. The molecule has 0 aromatic heterocycles. The minimum Gasteiger partial charge on any atom is -0.317 e. The molecule has 0 bridgehead atoms. The van der Waals surface area contributed by atoms with Crippen molar-refractivity contribution in [3.05, 3.63) is 0 Å². The van der Waals surface area contributed by atoms with Crippen LogP contribution >= 0.6 is 22.6 Å². The van der Waals surface area contributed by atoms with E-state index in [9.17, 15) is 0 Å². The third kappa shape index (κ3) is 2.31. The van der Waals surface area contributed by atoms with Gasteiger partial charge in [0.05, 0.1) is 0 Å². The topological polar surface area (TPSA) is 12.0 Å². The molecule has 1 aliphatic heterocycles. The standard InChI is InChI=1S/C6H12IN/c7-6-2-1-4-8-5-3-6/h6,8H,1-5H2.